The van der Waals surface area contributed by atoms with Gasteiger partial charge in [-0.15, -0.1) is 0 Å². The molecular weight excluding hydrogens is 343 g/mol. The van der Waals surface area contributed by atoms with E-state index in [4.69, 9.17) is 4.52 Å². The maximum atomic E-state index is 11.2. The maximum Gasteiger partial charge on any atom is 0.134 e. The molecule has 0 radical (unpaired) electrons. The Morgan fingerprint density at radius 1 is 0.577 bits per heavy atom. The molecule has 0 aliphatic rings. The summed E-state index contributed by atoms with van der Waals surface area (Å²) in [6.07, 6.45) is 24.3. The second-order valence-electron chi connectivity index (χ2n) is 7.77. The molecule has 1 atom stereocenters. The highest BCUT2D eigenvalue weighted by Crippen LogP contribution is 2.35. The summed E-state index contributed by atoms with van der Waals surface area (Å²) >= 11 is 0. The molecule has 0 fully saturated rings. The lowest BCUT2D eigenvalue weighted by molar-refractivity contribution is -0.198. The van der Waals surface area contributed by atoms with E-state index in [2.05, 4.69) is 6.92 Å². The minimum absolute atomic E-state index is 0.103. The molecule has 0 bridgehead atoms. The van der Waals surface area contributed by atoms with Crippen molar-refractivity contribution in [3.63, 3.8) is 0 Å². The molecule has 26 heavy (non-hydrogen) atoms. The second kappa shape index (κ2) is 19.9. The van der Waals surface area contributed by atoms with Gasteiger partial charge in [-0.25, -0.2) is 0 Å². The first-order chi connectivity index (χ1) is 12.6. The molecule has 0 spiro atoms. The Balaban J connectivity index is 3.06. The summed E-state index contributed by atoms with van der Waals surface area (Å²) in [5, 5.41) is 0. The van der Waals surface area contributed by atoms with Crippen molar-refractivity contribution in [3.8, 4) is 0 Å². The molecule has 0 aliphatic carbocycles. The highest BCUT2D eigenvalue weighted by molar-refractivity contribution is 7.51. The second-order valence-corrected chi connectivity index (χ2v) is 9.88. The van der Waals surface area contributed by atoms with Crippen LogP contribution in [0.4, 0.5) is 0 Å². The molecule has 0 aromatic carbocycles. The molecule has 0 saturated heterocycles. The van der Waals surface area contributed by atoms with Crippen LogP contribution in [0.2, 0.25) is 0 Å². The zero-order valence-corrected chi connectivity index (χ0v) is 18.7. The van der Waals surface area contributed by atoms with E-state index in [1.807, 2.05) is 0 Å². The SMILES string of the molecule is CCCCCCCCCCCCCCCCCCCCOP(=O)([O-])CC. The van der Waals surface area contributed by atoms with E-state index in [1.54, 1.807) is 6.92 Å². The van der Waals surface area contributed by atoms with E-state index in [9.17, 15) is 9.46 Å². The van der Waals surface area contributed by atoms with Gasteiger partial charge in [0.2, 0.25) is 0 Å². The standard InChI is InChI=1S/C22H47O3P/c1-3-5-6-7-8-9-10-11-12-13-14-15-16-17-18-19-20-21-22-25-26(23,24)4-2/h3-22H2,1-2H3,(H,23,24)/p-1. The number of hydrogen-bond donors (Lipinski definition) is 0. The monoisotopic (exact) mass is 389 g/mol. The number of hydrogen-bond acceptors (Lipinski definition) is 3. The molecule has 0 heterocycles. The smallest absolute Gasteiger partial charge is 0.134 e. The van der Waals surface area contributed by atoms with Gasteiger partial charge in [-0.1, -0.05) is 123 Å². The van der Waals surface area contributed by atoms with Gasteiger partial charge in [0.1, 0.15) is 7.60 Å². The zero-order valence-electron chi connectivity index (χ0n) is 17.8. The van der Waals surface area contributed by atoms with Crippen LogP contribution < -0.4 is 4.89 Å². The van der Waals surface area contributed by atoms with Crippen molar-refractivity contribution in [2.45, 2.75) is 129 Å². The normalized spacial score (nSPS) is 13.8. The molecule has 0 amide bonds. The van der Waals surface area contributed by atoms with E-state index < -0.39 is 7.60 Å². The molecule has 4 heteroatoms. The van der Waals surface area contributed by atoms with Crippen molar-refractivity contribution in [2.75, 3.05) is 12.8 Å². The van der Waals surface area contributed by atoms with Crippen molar-refractivity contribution in [3.05, 3.63) is 0 Å². The average molecular weight is 390 g/mol. The van der Waals surface area contributed by atoms with E-state index >= 15 is 0 Å². The van der Waals surface area contributed by atoms with Gasteiger partial charge < -0.3 is 14.0 Å². The molecule has 0 aromatic heterocycles. The number of unbranched alkanes of at least 4 members (excludes halogenated alkanes) is 17. The zero-order chi connectivity index (χ0) is 19.3. The van der Waals surface area contributed by atoms with E-state index in [0.717, 1.165) is 12.8 Å². The topological polar surface area (TPSA) is 49.4 Å². The Morgan fingerprint density at radius 2 is 0.885 bits per heavy atom. The van der Waals surface area contributed by atoms with E-state index in [0.29, 0.717) is 6.61 Å². The first kappa shape index (κ1) is 26.1. The molecule has 0 aromatic rings. The van der Waals surface area contributed by atoms with Gasteiger partial charge in [0.15, 0.2) is 0 Å². The predicted molar refractivity (Wildman–Crippen MR) is 113 cm³/mol. The van der Waals surface area contributed by atoms with Crippen LogP contribution in [0.25, 0.3) is 0 Å². The Morgan fingerprint density at radius 3 is 1.19 bits per heavy atom. The first-order valence-electron chi connectivity index (χ1n) is 11.6. The highest BCUT2D eigenvalue weighted by Gasteiger charge is 2.03. The first-order valence-corrected chi connectivity index (χ1v) is 13.3. The van der Waals surface area contributed by atoms with Crippen molar-refractivity contribution in [2.24, 2.45) is 0 Å². The fourth-order valence-electron chi connectivity index (χ4n) is 3.30. The highest BCUT2D eigenvalue weighted by atomic mass is 31.2. The van der Waals surface area contributed by atoms with Crippen LogP contribution in [0.5, 0.6) is 0 Å². The van der Waals surface area contributed by atoms with Crippen LogP contribution in [0.1, 0.15) is 129 Å². The van der Waals surface area contributed by atoms with Gasteiger partial charge in [0.05, 0.1) is 6.61 Å². The molecule has 0 rings (SSSR count). The molecule has 0 aliphatic heterocycles. The van der Waals surface area contributed by atoms with Gasteiger partial charge >= 0.3 is 0 Å². The number of rotatable bonds is 21. The van der Waals surface area contributed by atoms with Crippen LogP contribution in [-0.2, 0) is 9.09 Å². The minimum atomic E-state index is -3.52. The van der Waals surface area contributed by atoms with E-state index in [-0.39, 0.29) is 6.16 Å². The molecule has 0 saturated carbocycles. The predicted octanol–water partition coefficient (Wildman–Crippen LogP) is 7.62. The van der Waals surface area contributed by atoms with Crippen molar-refractivity contribution in [1.82, 2.24) is 0 Å². The van der Waals surface area contributed by atoms with Crippen LogP contribution in [-0.4, -0.2) is 12.8 Å². The van der Waals surface area contributed by atoms with Gasteiger partial charge in [0, 0.05) is 6.16 Å². The van der Waals surface area contributed by atoms with Crippen molar-refractivity contribution in [1.29, 1.82) is 0 Å². The van der Waals surface area contributed by atoms with Crippen molar-refractivity contribution < 1.29 is 14.0 Å². The van der Waals surface area contributed by atoms with Gasteiger partial charge in [-0.2, -0.15) is 0 Å². The average Bonchev–Trinajstić information content (AvgIpc) is 2.63. The third kappa shape index (κ3) is 20.5. The Bertz CT molecular complexity index is 321. The van der Waals surface area contributed by atoms with Crippen LogP contribution in [0.3, 0.4) is 0 Å². The minimum Gasteiger partial charge on any atom is -0.779 e. The van der Waals surface area contributed by atoms with Crippen LogP contribution >= 0.6 is 7.60 Å². The summed E-state index contributed by atoms with van der Waals surface area (Å²) in [7, 11) is -3.52. The lowest BCUT2D eigenvalue weighted by atomic mass is 10.0. The molecule has 3 nitrogen and oxygen atoms in total. The van der Waals surface area contributed by atoms with Crippen LogP contribution in [0, 0.1) is 0 Å². The summed E-state index contributed by atoms with van der Waals surface area (Å²) < 4.78 is 16.1. The molecule has 158 valence electrons. The molecule has 1 unspecified atom stereocenters. The summed E-state index contributed by atoms with van der Waals surface area (Å²) in [6.45, 7) is 4.28. The maximum absolute atomic E-state index is 11.2. The Labute approximate surface area is 164 Å². The quantitative estimate of drug-likeness (QED) is 0.150. The van der Waals surface area contributed by atoms with Gasteiger partial charge in [-0.3, -0.25) is 0 Å². The summed E-state index contributed by atoms with van der Waals surface area (Å²) in [4.78, 5) is 11.2. The summed E-state index contributed by atoms with van der Waals surface area (Å²) in [6, 6.07) is 0. The summed E-state index contributed by atoms with van der Waals surface area (Å²) in [5.74, 6) is 0. The Hall–Kier alpha value is 0.150. The summed E-state index contributed by atoms with van der Waals surface area (Å²) in [5.41, 5.74) is 0. The van der Waals surface area contributed by atoms with Gasteiger partial charge in [0.25, 0.3) is 0 Å². The lowest BCUT2D eigenvalue weighted by Crippen LogP contribution is -2.07. The fraction of sp³-hybridized carbons (Fsp3) is 1.00. The lowest BCUT2D eigenvalue weighted by Gasteiger charge is -2.21. The van der Waals surface area contributed by atoms with E-state index in [1.165, 1.54) is 103 Å². The van der Waals surface area contributed by atoms with Gasteiger partial charge in [-0.05, 0) is 6.42 Å². The van der Waals surface area contributed by atoms with Crippen molar-refractivity contribution >= 4 is 7.60 Å². The Kier molecular flexibility index (Phi) is 20.0. The third-order valence-corrected chi connectivity index (χ3v) is 6.52. The largest absolute Gasteiger partial charge is 0.779 e. The molecular formula is C22H46O3P-. The third-order valence-electron chi connectivity index (χ3n) is 5.17. The fourth-order valence-corrected chi connectivity index (χ4v) is 3.89. The van der Waals surface area contributed by atoms with Crippen LogP contribution in [0.15, 0.2) is 0 Å². The molecule has 0 N–H and O–H groups in total.